The zero-order valence-electron chi connectivity index (χ0n) is 12.6. The van der Waals surface area contributed by atoms with Gasteiger partial charge in [-0.15, -0.1) is 0 Å². The molecule has 0 aliphatic carbocycles. The molecule has 2 heterocycles. The summed E-state index contributed by atoms with van der Waals surface area (Å²) < 4.78 is 1.82. The molecular formula is C14H25N5O. The SMILES string of the molecule is CCN(CC(=O)Nc1ccnn1C(C)C)C1CCNC1. The molecule has 1 aromatic rings. The van der Waals surface area contributed by atoms with Gasteiger partial charge in [0, 0.05) is 24.7 Å². The number of nitrogens with one attached hydrogen (secondary N) is 2. The highest BCUT2D eigenvalue weighted by Crippen LogP contribution is 2.13. The summed E-state index contributed by atoms with van der Waals surface area (Å²) in [6.45, 7) is 9.55. The zero-order valence-corrected chi connectivity index (χ0v) is 12.6. The van der Waals surface area contributed by atoms with Gasteiger partial charge in [0.25, 0.3) is 0 Å². The Labute approximate surface area is 120 Å². The van der Waals surface area contributed by atoms with Gasteiger partial charge < -0.3 is 10.6 Å². The van der Waals surface area contributed by atoms with Crippen molar-refractivity contribution in [3.8, 4) is 0 Å². The molecule has 6 nitrogen and oxygen atoms in total. The third-order valence-corrected chi connectivity index (χ3v) is 3.73. The maximum atomic E-state index is 12.2. The minimum Gasteiger partial charge on any atom is -0.315 e. The largest absolute Gasteiger partial charge is 0.315 e. The molecule has 1 aliphatic heterocycles. The molecule has 112 valence electrons. The number of carbonyl (C=O) groups is 1. The summed E-state index contributed by atoms with van der Waals surface area (Å²) in [5.41, 5.74) is 0. The van der Waals surface area contributed by atoms with Gasteiger partial charge in [0.05, 0.1) is 12.7 Å². The quantitative estimate of drug-likeness (QED) is 0.818. The first-order chi connectivity index (χ1) is 9.61. The molecule has 0 aromatic carbocycles. The van der Waals surface area contributed by atoms with E-state index in [0.29, 0.717) is 12.6 Å². The lowest BCUT2D eigenvalue weighted by molar-refractivity contribution is -0.117. The third kappa shape index (κ3) is 3.58. The highest BCUT2D eigenvalue weighted by Gasteiger charge is 2.23. The Bertz CT molecular complexity index is 437. The lowest BCUT2D eigenvalue weighted by Crippen LogP contribution is -2.42. The van der Waals surface area contributed by atoms with E-state index < -0.39 is 0 Å². The summed E-state index contributed by atoms with van der Waals surface area (Å²) in [6, 6.07) is 2.55. The maximum Gasteiger partial charge on any atom is 0.239 e. The summed E-state index contributed by atoms with van der Waals surface area (Å²) in [7, 11) is 0. The number of rotatable bonds is 6. The molecule has 1 saturated heterocycles. The van der Waals surface area contributed by atoms with E-state index in [-0.39, 0.29) is 11.9 Å². The highest BCUT2D eigenvalue weighted by atomic mass is 16.2. The van der Waals surface area contributed by atoms with Crippen LogP contribution in [0.4, 0.5) is 5.82 Å². The minimum atomic E-state index is 0.0288. The first-order valence-corrected chi connectivity index (χ1v) is 7.40. The topological polar surface area (TPSA) is 62.2 Å². The Morgan fingerprint density at radius 2 is 2.45 bits per heavy atom. The van der Waals surface area contributed by atoms with Crippen molar-refractivity contribution in [1.82, 2.24) is 20.0 Å². The second-order valence-electron chi connectivity index (χ2n) is 5.51. The standard InChI is InChI=1S/C14H25N5O/c1-4-18(12-5-7-15-9-12)10-14(20)17-13-6-8-16-19(13)11(2)3/h6,8,11-12,15H,4-5,7,9-10H2,1-3H3,(H,17,20). The molecule has 0 radical (unpaired) electrons. The van der Waals surface area contributed by atoms with E-state index in [4.69, 9.17) is 0 Å². The van der Waals surface area contributed by atoms with Crippen molar-refractivity contribution < 1.29 is 4.79 Å². The Hall–Kier alpha value is -1.40. The Morgan fingerprint density at radius 3 is 3.05 bits per heavy atom. The second-order valence-corrected chi connectivity index (χ2v) is 5.51. The Kier molecular flexibility index (Phi) is 5.14. The molecule has 1 fully saturated rings. The van der Waals surface area contributed by atoms with E-state index in [0.717, 1.165) is 31.9 Å². The van der Waals surface area contributed by atoms with Gasteiger partial charge >= 0.3 is 0 Å². The normalized spacial score (nSPS) is 18.9. The molecule has 1 unspecified atom stereocenters. The average molecular weight is 279 g/mol. The van der Waals surface area contributed by atoms with Crippen LogP contribution in [0.25, 0.3) is 0 Å². The summed E-state index contributed by atoms with van der Waals surface area (Å²) in [5, 5.41) is 10.5. The zero-order chi connectivity index (χ0) is 14.5. The van der Waals surface area contributed by atoms with Crippen molar-refractivity contribution in [3.63, 3.8) is 0 Å². The van der Waals surface area contributed by atoms with Gasteiger partial charge in [0.2, 0.25) is 5.91 Å². The number of carbonyl (C=O) groups excluding carboxylic acids is 1. The third-order valence-electron chi connectivity index (χ3n) is 3.73. The van der Waals surface area contributed by atoms with Gasteiger partial charge in [-0.1, -0.05) is 6.92 Å². The van der Waals surface area contributed by atoms with Crippen LogP contribution in [0.5, 0.6) is 0 Å². The van der Waals surface area contributed by atoms with E-state index >= 15 is 0 Å². The Morgan fingerprint density at radius 1 is 1.65 bits per heavy atom. The van der Waals surface area contributed by atoms with E-state index in [1.54, 1.807) is 6.20 Å². The minimum absolute atomic E-state index is 0.0288. The molecule has 20 heavy (non-hydrogen) atoms. The first-order valence-electron chi connectivity index (χ1n) is 7.40. The molecule has 2 rings (SSSR count). The van der Waals surface area contributed by atoms with Crippen molar-refractivity contribution in [2.24, 2.45) is 0 Å². The number of likely N-dealkylation sites (N-methyl/N-ethyl adjacent to an activating group) is 1. The van der Waals surface area contributed by atoms with Crippen LogP contribution in [0.3, 0.4) is 0 Å². The van der Waals surface area contributed by atoms with E-state index in [1.807, 2.05) is 24.6 Å². The van der Waals surface area contributed by atoms with Crippen molar-refractivity contribution in [2.75, 3.05) is 31.5 Å². The summed E-state index contributed by atoms with van der Waals surface area (Å²) >= 11 is 0. The average Bonchev–Trinajstić information content (AvgIpc) is 3.06. The molecular weight excluding hydrogens is 254 g/mol. The fourth-order valence-electron chi connectivity index (χ4n) is 2.64. The number of hydrogen-bond acceptors (Lipinski definition) is 4. The van der Waals surface area contributed by atoms with Crippen LogP contribution in [0.15, 0.2) is 12.3 Å². The Balaban J connectivity index is 1.92. The fourth-order valence-corrected chi connectivity index (χ4v) is 2.64. The van der Waals surface area contributed by atoms with Crippen molar-refractivity contribution in [1.29, 1.82) is 0 Å². The lowest BCUT2D eigenvalue weighted by atomic mass is 10.2. The second kappa shape index (κ2) is 6.85. The molecule has 2 N–H and O–H groups in total. The molecule has 1 aliphatic rings. The van der Waals surface area contributed by atoms with Gasteiger partial charge in [-0.25, -0.2) is 4.68 Å². The van der Waals surface area contributed by atoms with Gasteiger partial charge in [-0.2, -0.15) is 5.10 Å². The highest BCUT2D eigenvalue weighted by molar-refractivity contribution is 5.91. The van der Waals surface area contributed by atoms with Gasteiger partial charge in [-0.05, 0) is 33.4 Å². The number of anilines is 1. The fraction of sp³-hybridized carbons (Fsp3) is 0.714. The lowest BCUT2D eigenvalue weighted by Gasteiger charge is -2.26. The first kappa shape index (κ1) is 15.0. The summed E-state index contributed by atoms with van der Waals surface area (Å²) in [5.74, 6) is 0.798. The predicted octanol–water partition coefficient (Wildman–Crippen LogP) is 1.09. The van der Waals surface area contributed by atoms with Crippen LogP contribution in [-0.2, 0) is 4.79 Å². The monoisotopic (exact) mass is 279 g/mol. The van der Waals surface area contributed by atoms with E-state index in [9.17, 15) is 4.79 Å². The predicted molar refractivity (Wildman–Crippen MR) is 79.8 cm³/mol. The van der Waals surface area contributed by atoms with Crippen LogP contribution in [-0.4, -0.2) is 52.8 Å². The molecule has 0 spiro atoms. The number of amides is 1. The summed E-state index contributed by atoms with van der Waals surface area (Å²) in [4.78, 5) is 14.4. The van der Waals surface area contributed by atoms with E-state index in [1.165, 1.54) is 0 Å². The number of nitrogens with zero attached hydrogens (tertiary/aromatic N) is 3. The maximum absolute atomic E-state index is 12.2. The van der Waals surface area contributed by atoms with E-state index in [2.05, 4.69) is 27.6 Å². The van der Waals surface area contributed by atoms with Gasteiger partial charge in [-0.3, -0.25) is 9.69 Å². The van der Waals surface area contributed by atoms with Crippen LogP contribution in [0.2, 0.25) is 0 Å². The number of hydrogen-bond donors (Lipinski definition) is 2. The van der Waals surface area contributed by atoms with Crippen molar-refractivity contribution in [3.05, 3.63) is 12.3 Å². The van der Waals surface area contributed by atoms with Crippen LogP contribution >= 0.6 is 0 Å². The summed E-state index contributed by atoms with van der Waals surface area (Å²) in [6.07, 6.45) is 2.83. The molecule has 6 heteroatoms. The molecule has 1 amide bonds. The van der Waals surface area contributed by atoms with Crippen molar-refractivity contribution >= 4 is 11.7 Å². The number of aromatic nitrogens is 2. The smallest absolute Gasteiger partial charge is 0.239 e. The molecule has 0 saturated carbocycles. The molecule has 1 atom stereocenters. The van der Waals surface area contributed by atoms with Crippen LogP contribution in [0, 0.1) is 0 Å². The molecule has 0 bridgehead atoms. The van der Waals surface area contributed by atoms with Gasteiger partial charge in [0.15, 0.2) is 0 Å². The van der Waals surface area contributed by atoms with Crippen LogP contribution < -0.4 is 10.6 Å². The molecule has 1 aromatic heterocycles. The van der Waals surface area contributed by atoms with Crippen LogP contribution in [0.1, 0.15) is 33.2 Å². The van der Waals surface area contributed by atoms with Gasteiger partial charge in [0.1, 0.15) is 5.82 Å². The van der Waals surface area contributed by atoms with Crippen molar-refractivity contribution in [2.45, 2.75) is 39.3 Å².